The highest BCUT2D eigenvalue weighted by molar-refractivity contribution is 5.87. The number of hydrogen-bond acceptors (Lipinski definition) is 6. The summed E-state index contributed by atoms with van der Waals surface area (Å²) < 4.78 is 10.4. The van der Waals surface area contributed by atoms with Crippen molar-refractivity contribution in [3.8, 4) is 0 Å². The molecule has 2 aromatic rings. The fraction of sp³-hybridized carbons (Fsp3) is 0.412. The first-order chi connectivity index (χ1) is 12.1. The molecule has 0 bridgehead atoms. The van der Waals surface area contributed by atoms with E-state index < -0.39 is 5.97 Å². The number of nitrogens with zero attached hydrogens (tertiary/aromatic N) is 1. The van der Waals surface area contributed by atoms with Crippen LogP contribution in [0.1, 0.15) is 18.5 Å². The minimum absolute atomic E-state index is 0.0383. The van der Waals surface area contributed by atoms with Crippen molar-refractivity contribution in [2.24, 2.45) is 0 Å². The smallest absolute Gasteiger partial charge is 0.312 e. The van der Waals surface area contributed by atoms with E-state index in [4.69, 9.17) is 9.47 Å². The minimum atomic E-state index is -0.586. The van der Waals surface area contributed by atoms with E-state index in [1.165, 1.54) is 0 Å². The number of nitrogens with one attached hydrogen (secondary N) is 2. The van der Waals surface area contributed by atoms with Gasteiger partial charge in [0.15, 0.2) is 6.61 Å². The number of ether oxygens (including phenoxy) is 2. The zero-order valence-electron chi connectivity index (χ0n) is 13.6. The first-order valence-corrected chi connectivity index (χ1v) is 8.13. The van der Waals surface area contributed by atoms with Gasteiger partial charge in [-0.15, -0.1) is 0 Å². The fourth-order valence-electron chi connectivity index (χ4n) is 2.72. The van der Waals surface area contributed by atoms with E-state index in [0.29, 0.717) is 23.0 Å². The molecule has 1 aliphatic rings. The van der Waals surface area contributed by atoms with Crippen molar-refractivity contribution in [1.29, 1.82) is 0 Å². The summed E-state index contributed by atoms with van der Waals surface area (Å²) in [5.41, 5.74) is 0.0844. The van der Waals surface area contributed by atoms with Gasteiger partial charge in [0.1, 0.15) is 0 Å². The van der Waals surface area contributed by atoms with Crippen LogP contribution in [0.3, 0.4) is 0 Å². The van der Waals surface area contributed by atoms with Gasteiger partial charge in [0.2, 0.25) is 0 Å². The summed E-state index contributed by atoms with van der Waals surface area (Å²) >= 11 is 0. The predicted octanol–water partition coefficient (Wildman–Crippen LogP) is 0.304. The molecule has 1 aromatic carbocycles. The van der Waals surface area contributed by atoms with Crippen LogP contribution in [0.25, 0.3) is 10.8 Å². The molecule has 1 atom stereocenters. The molecule has 1 aromatic heterocycles. The average Bonchev–Trinajstić information content (AvgIpc) is 3.14. The molecule has 1 amide bonds. The van der Waals surface area contributed by atoms with Gasteiger partial charge in [0, 0.05) is 18.5 Å². The Hall–Kier alpha value is -2.74. The number of aromatic nitrogens is 2. The molecular weight excluding hydrogens is 326 g/mol. The van der Waals surface area contributed by atoms with Gasteiger partial charge in [-0.25, -0.2) is 5.10 Å². The van der Waals surface area contributed by atoms with E-state index in [9.17, 15) is 14.4 Å². The van der Waals surface area contributed by atoms with Crippen molar-refractivity contribution in [3.63, 3.8) is 0 Å². The molecule has 0 radical (unpaired) electrons. The van der Waals surface area contributed by atoms with Crippen LogP contribution in [0.2, 0.25) is 0 Å². The number of hydrogen-bond donors (Lipinski definition) is 2. The van der Waals surface area contributed by atoms with Crippen LogP contribution in [0.15, 0.2) is 29.1 Å². The summed E-state index contributed by atoms with van der Waals surface area (Å²) in [6.45, 7) is 0.783. The number of esters is 1. The lowest BCUT2D eigenvalue weighted by Crippen LogP contribution is -2.35. The molecule has 132 valence electrons. The second-order valence-corrected chi connectivity index (χ2v) is 5.82. The topological polar surface area (TPSA) is 110 Å². The standard InChI is InChI=1S/C17H19N3O5/c21-15(18-9-11-4-3-7-24-11)10-25-16(22)8-14-12-5-1-2-6-13(12)17(23)20-19-14/h1-2,5-6,11H,3-4,7-10H2,(H,18,21)(H,20,23)/t11-/m0/s1. The van der Waals surface area contributed by atoms with E-state index in [2.05, 4.69) is 15.5 Å². The van der Waals surface area contributed by atoms with Crippen molar-refractivity contribution < 1.29 is 19.1 Å². The summed E-state index contributed by atoms with van der Waals surface area (Å²) in [4.78, 5) is 35.4. The van der Waals surface area contributed by atoms with Gasteiger partial charge < -0.3 is 14.8 Å². The largest absolute Gasteiger partial charge is 0.455 e. The normalized spacial score (nSPS) is 16.7. The predicted molar refractivity (Wildman–Crippen MR) is 89.0 cm³/mol. The second-order valence-electron chi connectivity index (χ2n) is 5.82. The van der Waals surface area contributed by atoms with Gasteiger partial charge in [-0.3, -0.25) is 14.4 Å². The number of amides is 1. The third kappa shape index (κ3) is 4.42. The Labute approximate surface area is 143 Å². The number of H-pyrrole nitrogens is 1. The monoisotopic (exact) mass is 345 g/mol. The van der Waals surface area contributed by atoms with Crippen molar-refractivity contribution >= 4 is 22.6 Å². The molecule has 2 N–H and O–H groups in total. The van der Waals surface area contributed by atoms with Gasteiger partial charge >= 0.3 is 5.97 Å². The van der Waals surface area contributed by atoms with E-state index in [1.807, 2.05) is 0 Å². The molecule has 1 aliphatic heterocycles. The summed E-state index contributed by atoms with van der Waals surface area (Å²) in [6, 6.07) is 6.87. The first-order valence-electron chi connectivity index (χ1n) is 8.13. The van der Waals surface area contributed by atoms with E-state index >= 15 is 0 Å². The molecule has 1 saturated heterocycles. The Morgan fingerprint density at radius 2 is 2.12 bits per heavy atom. The fourth-order valence-corrected chi connectivity index (χ4v) is 2.72. The lowest BCUT2D eigenvalue weighted by Gasteiger charge is -2.11. The molecule has 0 saturated carbocycles. The third-order valence-electron chi connectivity index (χ3n) is 4.00. The Bertz CT molecular complexity index is 826. The molecule has 25 heavy (non-hydrogen) atoms. The Morgan fingerprint density at radius 1 is 1.32 bits per heavy atom. The van der Waals surface area contributed by atoms with Crippen molar-refractivity contribution in [1.82, 2.24) is 15.5 Å². The van der Waals surface area contributed by atoms with Crippen LogP contribution in [-0.2, 0) is 25.5 Å². The zero-order chi connectivity index (χ0) is 17.6. The molecule has 8 nitrogen and oxygen atoms in total. The molecule has 1 fully saturated rings. The molecule has 8 heteroatoms. The van der Waals surface area contributed by atoms with E-state index in [1.54, 1.807) is 24.3 Å². The molecule has 0 spiro atoms. The number of benzene rings is 1. The minimum Gasteiger partial charge on any atom is -0.455 e. The van der Waals surface area contributed by atoms with Gasteiger partial charge in [-0.05, 0) is 18.9 Å². The first kappa shape index (κ1) is 17.1. The van der Waals surface area contributed by atoms with E-state index in [-0.39, 0.29) is 30.6 Å². The maximum absolute atomic E-state index is 11.9. The van der Waals surface area contributed by atoms with Crippen molar-refractivity contribution in [2.75, 3.05) is 19.8 Å². The van der Waals surface area contributed by atoms with Gasteiger partial charge in [-0.1, -0.05) is 18.2 Å². The lowest BCUT2D eigenvalue weighted by molar-refractivity contribution is -0.148. The van der Waals surface area contributed by atoms with Gasteiger partial charge in [0.25, 0.3) is 11.5 Å². The summed E-state index contributed by atoms with van der Waals surface area (Å²) in [5, 5.41) is 9.98. The lowest BCUT2D eigenvalue weighted by atomic mass is 10.1. The molecule has 0 unspecified atom stereocenters. The molecule has 2 heterocycles. The maximum Gasteiger partial charge on any atom is 0.312 e. The maximum atomic E-state index is 11.9. The van der Waals surface area contributed by atoms with Crippen LogP contribution >= 0.6 is 0 Å². The third-order valence-corrected chi connectivity index (χ3v) is 4.00. The van der Waals surface area contributed by atoms with Crippen LogP contribution in [-0.4, -0.2) is 47.9 Å². The number of carbonyl (C=O) groups excluding carboxylic acids is 2. The highest BCUT2D eigenvalue weighted by Crippen LogP contribution is 2.13. The quantitative estimate of drug-likeness (QED) is 0.729. The van der Waals surface area contributed by atoms with Crippen LogP contribution in [0, 0.1) is 0 Å². The summed E-state index contributed by atoms with van der Waals surface area (Å²) in [7, 11) is 0. The second kappa shape index (κ2) is 7.89. The molecule has 3 rings (SSSR count). The zero-order valence-corrected chi connectivity index (χ0v) is 13.6. The van der Waals surface area contributed by atoms with Crippen LogP contribution < -0.4 is 10.9 Å². The highest BCUT2D eigenvalue weighted by Gasteiger charge is 2.17. The van der Waals surface area contributed by atoms with Gasteiger partial charge in [-0.2, -0.15) is 5.10 Å². The molecular formula is C17H19N3O5. The van der Waals surface area contributed by atoms with Crippen LogP contribution in [0.4, 0.5) is 0 Å². The highest BCUT2D eigenvalue weighted by atomic mass is 16.5. The van der Waals surface area contributed by atoms with E-state index in [0.717, 1.165) is 19.4 Å². The van der Waals surface area contributed by atoms with Crippen LogP contribution in [0.5, 0.6) is 0 Å². The van der Waals surface area contributed by atoms with Gasteiger partial charge in [0.05, 0.1) is 23.6 Å². The number of rotatable bonds is 6. The number of fused-ring (bicyclic) bond motifs is 1. The van der Waals surface area contributed by atoms with Crippen molar-refractivity contribution in [3.05, 3.63) is 40.3 Å². The number of carbonyl (C=O) groups is 2. The van der Waals surface area contributed by atoms with Crippen molar-refractivity contribution in [2.45, 2.75) is 25.4 Å². The number of aromatic amines is 1. The Kier molecular flexibility index (Phi) is 5.39. The molecule has 0 aliphatic carbocycles. The average molecular weight is 345 g/mol. The Balaban J connectivity index is 1.52. The summed E-state index contributed by atoms with van der Waals surface area (Å²) in [6.07, 6.45) is 1.83. The summed E-state index contributed by atoms with van der Waals surface area (Å²) in [5.74, 6) is -0.958. The SMILES string of the molecule is O=C(COC(=O)Cc1n[nH]c(=O)c2ccccc12)NC[C@@H]1CCCO1. The Morgan fingerprint density at radius 3 is 2.88 bits per heavy atom.